The lowest BCUT2D eigenvalue weighted by Gasteiger charge is -2.22. The fourth-order valence-corrected chi connectivity index (χ4v) is 2.02. The van der Waals surface area contributed by atoms with Gasteiger partial charge in [0.25, 0.3) is 0 Å². The first-order valence-electron chi connectivity index (χ1n) is 6.13. The van der Waals surface area contributed by atoms with Gasteiger partial charge in [0.05, 0.1) is 0 Å². The van der Waals surface area contributed by atoms with E-state index in [0.717, 1.165) is 6.42 Å². The molecule has 0 radical (unpaired) electrons. The molecule has 0 bridgehead atoms. The van der Waals surface area contributed by atoms with Crippen LogP contribution in [0.3, 0.4) is 0 Å². The number of ether oxygens (including phenoxy) is 1. The van der Waals surface area contributed by atoms with Gasteiger partial charge in [-0.3, -0.25) is 0 Å². The normalized spacial score (nSPS) is 19.6. The molecule has 2 amide bonds. The number of carboxylic acid groups (broad SMARTS) is 1. The van der Waals surface area contributed by atoms with Gasteiger partial charge in [-0.1, -0.05) is 13.8 Å². The minimum Gasteiger partial charge on any atom is -0.480 e. The van der Waals surface area contributed by atoms with Crippen molar-refractivity contribution in [3.05, 3.63) is 0 Å². The Hall–Kier alpha value is -1.30. The summed E-state index contributed by atoms with van der Waals surface area (Å²) in [6.45, 7) is 5.84. The Bertz CT molecular complexity index is 317. The van der Waals surface area contributed by atoms with Crippen LogP contribution in [0.15, 0.2) is 0 Å². The fraction of sp³-hybridized carbons (Fsp3) is 0.833. The van der Waals surface area contributed by atoms with E-state index >= 15 is 0 Å². The summed E-state index contributed by atoms with van der Waals surface area (Å²) in [4.78, 5) is 24.6. The molecule has 0 aromatic carbocycles. The minimum atomic E-state index is -1.03. The van der Waals surface area contributed by atoms with E-state index in [0.29, 0.717) is 19.7 Å². The van der Waals surface area contributed by atoms with Crippen LogP contribution in [0.25, 0.3) is 0 Å². The average Bonchev–Trinajstić information content (AvgIpc) is 2.64. The van der Waals surface area contributed by atoms with Gasteiger partial charge >= 0.3 is 12.0 Å². The van der Waals surface area contributed by atoms with Gasteiger partial charge in [0, 0.05) is 33.2 Å². The predicted octanol–water partition coefficient (Wildman–Crippen LogP) is 0.918. The van der Waals surface area contributed by atoms with Crippen LogP contribution in [0, 0.1) is 5.41 Å². The third kappa shape index (κ3) is 4.18. The van der Waals surface area contributed by atoms with Crippen LogP contribution in [0.2, 0.25) is 0 Å². The third-order valence-electron chi connectivity index (χ3n) is 3.17. The maximum absolute atomic E-state index is 11.9. The zero-order valence-electron chi connectivity index (χ0n) is 11.2. The quantitative estimate of drug-likeness (QED) is 0.768. The van der Waals surface area contributed by atoms with Gasteiger partial charge in [-0.25, -0.2) is 9.59 Å². The van der Waals surface area contributed by atoms with Gasteiger partial charge in [0.15, 0.2) is 0 Å². The molecule has 2 N–H and O–H groups in total. The van der Waals surface area contributed by atoms with Crippen molar-refractivity contribution in [2.45, 2.75) is 32.7 Å². The third-order valence-corrected chi connectivity index (χ3v) is 3.17. The standard InChI is InChI=1S/C12H22N2O4/c1-12(2)5-6-14(8-12)11(17)13-9(10(15)16)4-7-18-3/h9H,4-8H2,1-3H3,(H,13,17)(H,15,16). The SMILES string of the molecule is COCCC(NC(=O)N1CCC(C)(C)C1)C(=O)O. The van der Waals surface area contributed by atoms with E-state index < -0.39 is 12.0 Å². The molecule has 0 spiro atoms. The van der Waals surface area contributed by atoms with Crippen molar-refractivity contribution in [1.82, 2.24) is 10.2 Å². The van der Waals surface area contributed by atoms with Crippen LogP contribution in [-0.4, -0.2) is 54.9 Å². The van der Waals surface area contributed by atoms with E-state index in [2.05, 4.69) is 19.2 Å². The summed E-state index contributed by atoms with van der Waals surface area (Å²) < 4.78 is 4.83. The number of hydrogen-bond donors (Lipinski definition) is 2. The number of methoxy groups -OCH3 is 1. The first kappa shape index (κ1) is 14.8. The van der Waals surface area contributed by atoms with Crippen molar-refractivity contribution in [2.24, 2.45) is 5.41 Å². The van der Waals surface area contributed by atoms with Crippen LogP contribution in [0.5, 0.6) is 0 Å². The highest BCUT2D eigenvalue weighted by Gasteiger charge is 2.33. The van der Waals surface area contributed by atoms with Gasteiger partial charge in [-0.15, -0.1) is 0 Å². The number of carboxylic acids is 1. The first-order valence-corrected chi connectivity index (χ1v) is 6.13. The Labute approximate surface area is 107 Å². The number of nitrogens with zero attached hydrogens (tertiary/aromatic N) is 1. The van der Waals surface area contributed by atoms with Crippen molar-refractivity contribution < 1.29 is 19.4 Å². The van der Waals surface area contributed by atoms with Gasteiger partial charge in [0.2, 0.25) is 0 Å². The summed E-state index contributed by atoms with van der Waals surface area (Å²) in [6, 6.07) is -1.19. The summed E-state index contributed by atoms with van der Waals surface area (Å²) in [5.74, 6) is -1.03. The molecule has 1 fully saturated rings. The predicted molar refractivity (Wildman–Crippen MR) is 66.4 cm³/mol. The second-order valence-corrected chi connectivity index (χ2v) is 5.46. The van der Waals surface area contributed by atoms with Crippen molar-refractivity contribution in [2.75, 3.05) is 26.8 Å². The molecule has 104 valence electrons. The van der Waals surface area contributed by atoms with E-state index in [1.54, 1.807) is 4.90 Å². The molecule has 0 aliphatic carbocycles. The van der Waals surface area contributed by atoms with Gasteiger partial charge < -0.3 is 20.1 Å². The molecule has 1 atom stereocenters. The Kier molecular flexibility index (Phi) is 4.95. The second kappa shape index (κ2) is 6.04. The molecular formula is C12H22N2O4. The first-order chi connectivity index (χ1) is 8.35. The Morgan fingerprint density at radius 3 is 2.61 bits per heavy atom. The summed E-state index contributed by atoms with van der Waals surface area (Å²) in [6.07, 6.45) is 1.21. The second-order valence-electron chi connectivity index (χ2n) is 5.46. The molecule has 6 nitrogen and oxygen atoms in total. The molecule has 6 heteroatoms. The summed E-state index contributed by atoms with van der Waals surface area (Å²) in [5.41, 5.74) is 0.114. The highest BCUT2D eigenvalue weighted by Crippen LogP contribution is 2.28. The number of carbonyl (C=O) groups is 2. The highest BCUT2D eigenvalue weighted by molar-refractivity contribution is 5.82. The molecule has 1 saturated heterocycles. The fourth-order valence-electron chi connectivity index (χ4n) is 2.02. The smallest absolute Gasteiger partial charge is 0.326 e. The number of nitrogens with one attached hydrogen (secondary N) is 1. The Morgan fingerprint density at radius 1 is 1.50 bits per heavy atom. The molecule has 1 heterocycles. The van der Waals surface area contributed by atoms with Crippen molar-refractivity contribution in [3.63, 3.8) is 0 Å². The minimum absolute atomic E-state index is 0.114. The largest absolute Gasteiger partial charge is 0.480 e. The Balaban J connectivity index is 2.49. The van der Waals surface area contributed by atoms with Crippen molar-refractivity contribution in [1.29, 1.82) is 0 Å². The zero-order valence-corrected chi connectivity index (χ0v) is 11.2. The summed E-state index contributed by atoms with van der Waals surface area (Å²) in [5, 5.41) is 11.5. The van der Waals surface area contributed by atoms with E-state index in [1.807, 2.05) is 0 Å². The number of likely N-dealkylation sites (tertiary alicyclic amines) is 1. The number of aliphatic carboxylic acids is 1. The molecule has 0 saturated carbocycles. The average molecular weight is 258 g/mol. The molecule has 0 aromatic heterocycles. The topological polar surface area (TPSA) is 78.9 Å². The maximum Gasteiger partial charge on any atom is 0.326 e. The summed E-state index contributed by atoms with van der Waals surface area (Å²) in [7, 11) is 1.50. The molecule has 18 heavy (non-hydrogen) atoms. The molecule has 0 aromatic rings. The van der Waals surface area contributed by atoms with Crippen LogP contribution in [-0.2, 0) is 9.53 Å². The van der Waals surface area contributed by atoms with Gasteiger partial charge in [0.1, 0.15) is 6.04 Å². The number of amides is 2. The highest BCUT2D eigenvalue weighted by atomic mass is 16.5. The van der Waals surface area contributed by atoms with E-state index in [4.69, 9.17) is 9.84 Å². The number of carbonyl (C=O) groups excluding carboxylic acids is 1. The lowest BCUT2D eigenvalue weighted by molar-refractivity contribution is -0.139. The number of rotatable bonds is 5. The summed E-state index contributed by atoms with van der Waals surface area (Å²) >= 11 is 0. The van der Waals surface area contributed by atoms with E-state index in [1.165, 1.54) is 7.11 Å². The zero-order chi connectivity index (χ0) is 13.8. The lowest BCUT2D eigenvalue weighted by Crippen LogP contribution is -2.48. The van der Waals surface area contributed by atoms with Crippen molar-refractivity contribution >= 4 is 12.0 Å². The molecular weight excluding hydrogens is 236 g/mol. The van der Waals surface area contributed by atoms with E-state index in [9.17, 15) is 9.59 Å². The molecule has 1 aliphatic rings. The molecule has 1 aliphatic heterocycles. The monoisotopic (exact) mass is 258 g/mol. The van der Waals surface area contributed by atoms with Crippen LogP contribution >= 0.6 is 0 Å². The maximum atomic E-state index is 11.9. The van der Waals surface area contributed by atoms with Crippen LogP contribution in [0.1, 0.15) is 26.7 Å². The number of urea groups is 1. The van der Waals surface area contributed by atoms with Crippen LogP contribution in [0.4, 0.5) is 4.79 Å². The van der Waals surface area contributed by atoms with E-state index in [-0.39, 0.29) is 17.9 Å². The van der Waals surface area contributed by atoms with Crippen LogP contribution < -0.4 is 5.32 Å². The molecule has 1 rings (SSSR count). The molecule has 1 unspecified atom stereocenters. The van der Waals surface area contributed by atoms with Crippen molar-refractivity contribution in [3.8, 4) is 0 Å². The van der Waals surface area contributed by atoms with Gasteiger partial charge in [-0.2, -0.15) is 0 Å². The van der Waals surface area contributed by atoms with Gasteiger partial charge in [-0.05, 0) is 11.8 Å². The lowest BCUT2D eigenvalue weighted by atomic mass is 9.93. The number of hydrogen-bond acceptors (Lipinski definition) is 3. The Morgan fingerprint density at radius 2 is 2.17 bits per heavy atom.